The van der Waals surface area contributed by atoms with E-state index in [2.05, 4.69) is 9.56 Å². The molecule has 1 N–H and O–H groups in total. The predicted octanol–water partition coefficient (Wildman–Crippen LogP) is 0.365. The Morgan fingerprint density at radius 1 is 2.00 bits per heavy atom. The lowest BCUT2D eigenvalue weighted by molar-refractivity contribution is 0.319. The Bertz CT molecular complexity index is 113. The van der Waals surface area contributed by atoms with E-state index < -0.39 is 11.4 Å². The molecule has 0 rings (SSSR count). The van der Waals surface area contributed by atoms with E-state index in [0.717, 1.165) is 0 Å². The molecule has 0 aliphatic carbocycles. The maximum absolute atomic E-state index is 9.38. The number of hydrogen-bond acceptors (Lipinski definition) is 3. The van der Waals surface area contributed by atoms with Crippen molar-refractivity contribution in [1.82, 2.24) is 0 Å². The van der Waals surface area contributed by atoms with Crippen LogP contribution in [0.25, 0.3) is 10.4 Å². The topological polar surface area (TPSA) is 95.3 Å². The molecular formula is HN3O3S. The lowest BCUT2D eigenvalue weighted by atomic mass is 12.9. The molecule has 0 bridgehead atoms. The molecule has 7 heavy (non-hydrogen) atoms. The van der Waals surface area contributed by atoms with Crippen LogP contribution in [0.3, 0.4) is 0 Å². The van der Waals surface area contributed by atoms with Crippen LogP contribution in [0.2, 0.25) is 0 Å². The Labute approximate surface area is 41.2 Å². The summed E-state index contributed by atoms with van der Waals surface area (Å²) in [6, 6.07) is 0. The van der Waals surface area contributed by atoms with E-state index in [1.54, 1.807) is 0 Å². The van der Waals surface area contributed by atoms with Crippen molar-refractivity contribution < 1.29 is 13.0 Å². The van der Waals surface area contributed by atoms with E-state index in [4.69, 9.17) is 10.1 Å². The van der Waals surface area contributed by atoms with Crippen LogP contribution in [0.4, 0.5) is 0 Å². The number of nitrogens with zero attached hydrogens (tertiary/aromatic N) is 3. The zero-order valence-electron chi connectivity index (χ0n) is 3.01. The van der Waals surface area contributed by atoms with Crippen LogP contribution < -0.4 is 0 Å². The first-order valence-electron chi connectivity index (χ1n) is 1.10. The quantitative estimate of drug-likeness (QED) is 0.189. The first-order chi connectivity index (χ1) is 3.27. The maximum atomic E-state index is 9.38. The fourth-order valence-electron chi connectivity index (χ4n) is 0.0434. The second kappa shape index (κ2) is 3.41. The molecule has 0 aromatic rings. The third kappa shape index (κ3) is 5.22. The highest BCUT2D eigenvalue weighted by molar-refractivity contribution is 7.74. The summed E-state index contributed by atoms with van der Waals surface area (Å²) in [5, 5.41) is 2.30. The molecular weight excluding hydrogens is 122 g/mol. The van der Waals surface area contributed by atoms with Gasteiger partial charge in [0, 0.05) is 4.91 Å². The van der Waals surface area contributed by atoms with Crippen molar-refractivity contribution in [3.8, 4) is 0 Å². The third-order valence-electron chi connectivity index (χ3n) is 0.134. The van der Waals surface area contributed by atoms with Crippen molar-refractivity contribution in [3.63, 3.8) is 0 Å². The van der Waals surface area contributed by atoms with Crippen molar-refractivity contribution >= 4 is 11.4 Å². The van der Waals surface area contributed by atoms with Gasteiger partial charge in [0.1, 0.15) is 5.28 Å². The van der Waals surface area contributed by atoms with Crippen molar-refractivity contribution in [2.45, 2.75) is 0 Å². The van der Waals surface area contributed by atoms with Crippen LogP contribution >= 0.6 is 0 Å². The van der Waals surface area contributed by atoms with Gasteiger partial charge in [-0.1, -0.05) is 0 Å². The first kappa shape index (κ1) is 6.22. The van der Waals surface area contributed by atoms with Gasteiger partial charge in [-0.3, -0.25) is 4.55 Å². The molecule has 40 valence electrons. The van der Waals surface area contributed by atoms with Gasteiger partial charge in [0.2, 0.25) is 0 Å². The average Bonchev–Trinajstić information content (AvgIpc) is 1.61. The van der Waals surface area contributed by atoms with Crippen LogP contribution in [0.1, 0.15) is 0 Å². The summed E-state index contributed by atoms with van der Waals surface area (Å²) < 4.78 is 20.5. The molecule has 0 aromatic carbocycles. The zero-order valence-corrected chi connectivity index (χ0v) is 3.83. The minimum absolute atomic E-state index is 2.03. The standard InChI is InChI=1S/HN3O3S/c1-2-3-6-7(4)5/h(H,4,5). The Kier molecular flexibility index (Phi) is 3.03. The highest BCUT2D eigenvalue weighted by atomic mass is 32.2. The molecule has 1 atom stereocenters. The zero-order chi connectivity index (χ0) is 5.70. The summed E-state index contributed by atoms with van der Waals surface area (Å²) in [6.45, 7) is 0. The number of hydrogen-bond donors (Lipinski definition) is 1. The Morgan fingerprint density at radius 2 is 2.57 bits per heavy atom. The van der Waals surface area contributed by atoms with Gasteiger partial charge in [-0.15, -0.1) is 0 Å². The fraction of sp³-hybridized carbons (Fsp3) is 0. The van der Waals surface area contributed by atoms with Gasteiger partial charge >= 0.3 is 11.4 Å². The lowest BCUT2D eigenvalue weighted by Crippen LogP contribution is -1.83. The summed E-state index contributed by atoms with van der Waals surface area (Å²) in [5.41, 5.74) is 7.40. The molecule has 0 heterocycles. The smallest absolute Gasteiger partial charge is 0.308 e. The Morgan fingerprint density at radius 3 is 2.71 bits per heavy atom. The molecule has 0 amide bonds. The van der Waals surface area contributed by atoms with Crippen molar-refractivity contribution in [2.24, 2.45) is 5.28 Å². The van der Waals surface area contributed by atoms with Gasteiger partial charge in [0.25, 0.3) is 0 Å². The molecule has 0 saturated carbocycles. The lowest BCUT2D eigenvalue weighted by Gasteiger charge is -1.79. The van der Waals surface area contributed by atoms with Crippen LogP contribution in [0.15, 0.2) is 5.28 Å². The molecule has 0 fully saturated rings. The van der Waals surface area contributed by atoms with Gasteiger partial charge in [-0.25, -0.2) is 0 Å². The second-order valence-corrected chi connectivity index (χ2v) is 1.05. The number of azide groups is 1. The van der Waals surface area contributed by atoms with E-state index in [0.29, 0.717) is 0 Å². The third-order valence-corrected chi connectivity index (χ3v) is 0.328. The summed E-state index contributed by atoms with van der Waals surface area (Å²) in [6.07, 6.45) is 0. The highest BCUT2D eigenvalue weighted by Crippen LogP contribution is 1.77. The SMILES string of the molecule is [N-]=[N+]=NOS(=O)O. The largest absolute Gasteiger partial charge is 0.364 e. The highest BCUT2D eigenvalue weighted by Gasteiger charge is 1.82. The van der Waals surface area contributed by atoms with E-state index in [1.807, 2.05) is 4.91 Å². The van der Waals surface area contributed by atoms with Crippen molar-refractivity contribution in [3.05, 3.63) is 10.4 Å². The minimum Gasteiger partial charge on any atom is -0.308 e. The molecule has 0 spiro atoms. The van der Waals surface area contributed by atoms with E-state index >= 15 is 0 Å². The predicted molar refractivity (Wildman–Crippen MR) is 21.0 cm³/mol. The second-order valence-electron chi connectivity index (χ2n) is 0.463. The van der Waals surface area contributed by atoms with E-state index in [-0.39, 0.29) is 0 Å². The molecule has 0 aromatic heterocycles. The normalized spacial score (nSPS) is 11.6. The summed E-state index contributed by atoms with van der Waals surface area (Å²) in [5.74, 6) is 0. The first-order valence-corrected chi connectivity index (χ1v) is 2.13. The number of rotatable bonds is 2. The molecule has 7 heteroatoms. The van der Waals surface area contributed by atoms with Crippen LogP contribution in [0.5, 0.6) is 0 Å². The molecule has 0 aliphatic rings. The van der Waals surface area contributed by atoms with Gasteiger partial charge < -0.3 is 4.28 Å². The van der Waals surface area contributed by atoms with Crippen molar-refractivity contribution in [1.29, 1.82) is 0 Å². The van der Waals surface area contributed by atoms with Crippen LogP contribution in [-0.2, 0) is 15.6 Å². The summed E-state index contributed by atoms with van der Waals surface area (Å²) >= 11 is -2.49. The van der Waals surface area contributed by atoms with E-state index in [1.165, 1.54) is 0 Å². The van der Waals surface area contributed by atoms with Crippen LogP contribution in [0, 0.1) is 0 Å². The average molecular weight is 123 g/mol. The molecule has 1 unspecified atom stereocenters. The molecule has 0 saturated heterocycles. The monoisotopic (exact) mass is 123 g/mol. The fourth-order valence-corrected chi connectivity index (χ4v) is 0.130. The van der Waals surface area contributed by atoms with Gasteiger partial charge in [0.05, 0.1) is 0 Å². The van der Waals surface area contributed by atoms with Gasteiger partial charge in [-0.05, 0) is 5.53 Å². The molecule has 6 nitrogen and oxygen atoms in total. The van der Waals surface area contributed by atoms with Gasteiger partial charge in [0.15, 0.2) is 0 Å². The molecule has 0 aliphatic heterocycles. The molecule has 0 radical (unpaired) electrons. The maximum Gasteiger partial charge on any atom is 0.364 e. The van der Waals surface area contributed by atoms with E-state index in [9.17, 15) is 4.21 Å². The van der Waals surface area contributed by atoms with Crippen LogP contribution in [-0.4, -0.2) is 8.76 Å². The minimum atomic E-state index is -2.49. The Balaban J connectivity index is 3.32. The Hall–Kier alpha value is -0.780. The summed E-state index contributed by atoms with van der Waals surface area (Å²) in [7, 11) is 0. The van der Waals surface area contributed by atoms with Crippen molar-refractivity contribution in [2.75, 3.05) is 0 Å². The van der Waals surface area contributed by atoms with Gasteiger partial charge in [-0.2, -0.15) is 4.21 Å². The summed E-state index contributed by atoms with van der Waals surface area (Å²) in [4.78, 5) is 2.03.